The van der Waals surface area contributed by atoms with Crippen molar-refractivity contribution in [2.45, 2.75) is 52.5 Å². The summed E-state index contributed by atoms with van der Waals surface area (Å²) in [7, 11) is 1.66. The molecular formula is C25H37N3O3. The van der Waals surface area contributed by atoms with Gasteiger partial charge >= 0.3 is 0 Å². The van der Waals surface area contributed by atoms with Gasteiger partial charge in [-0.3, -0.25) is 9.69 Å². The lowest BCUT2D eigenvalue weighted by atomic mass is 9.97. The number of carbonyl (C=O) groups excluding carboxylic acids is 1. The molecule has 0 unspecified atom stereocenters. The van der Waals surface area contributed by atoms with Gasteiger partial charge in [-0.05, 0) is 43.9 Å². The molecule has 0 aliphatic carbocycles. The van der Waals surface area contributed by atoms with Gasteiger partial charge in [-0.15, -0.1) is 0 Å². The van der Waals surface area contributed by atoms with E-state index in [-0.39, 0.29) is 5.91 Å². The maximum atomic E-state index is 12.5. The quantitative estimate of drug-likeness (QED) is 0.550. The smallest absolute Gasteiger partial charge is 0.251 e. The van der Waals surface area contributed by atoms with E-state index in [1.54, 1.807) is 7.11 Å². The summed E-state index contributed by atoms with van der Waals surface area (Å²) in [6.07, 6.45) is 5.42. The van der Waals surface area contributed by atoms with Crippen molar-refractivity contribution in [1.29, 1.82) is 0 Å². The Balaban J connectivity index is 1.93. The SMILES string of the molecule is CCCCCc1c(-c2ccc(OC)cc2)c(C(N)=O)c(C)n1CCCN1CCOCC1. The zero-order chi connectivity index (χ0) is 22.2. The van der Waals surface area contributed by atoms with Crippen molar-refractivity contribution < 1.29 is 14.3 Å². The number of nitrogens with two attached hydrogens (primary N) is 1. The van der Waals surface area contributed by atoms with Crippen LogP contribution in [0.25, 0.3) is 11.1 Å². The van der Waals surface area contributed by atoms with E-state index < -0.39 is 0 Å². The van der Waals surface area contributed by atoms with Crippen molar-refractivity contribution in [2.24, 2.45) is 5.73 Å². The first-order valence-electron chi connectivity index (χ1n) is 11.5. The largest absolute Gasteiger partial charge is 0.497 e. The van der Waals surface area contributed by atoms with Crippen molar-refractivity contribution in [2.75, 3.05) is 40.0 Å². The topological polar surface area (TPSA) is 69.7 Å². The van der Waals surface area contributed by atoms with Crippen LogP contribution in [0.15, 0.2) is 24.3 Å². The van der Waals surface area contributed by atoms with Crippen molar-refractivity contribution in [3.63, 3.8) is 0 Å². The Labute approximate surface area is 186 Å². The molecule has 1 aromatic heterocycles. The molecule has 1 aliphatic heterocycles. The molecule has 0 radical (unpaired) electrons. The summed E-state index contributed by atoms with van der Waals surface area (Å²) in [6, 6.07) is 7.95. The number of amides is 1. The number of methoxy groups -OCH3 is 1. The number of ether oxygens (including phenoxy) is 2. The number of unbranched alkanes of at least 4 members (excludes halogenated alkanes) is 2. The first-order chi connectivity index (χ1) is 15.1. The number of benzene rings is 1. The van der Waals surface area contributed by atoms with Crippen LogP contribution < -0.4 is 10.5 Å². The minimum absolute atomic E-state index is 0.355. The lowest BCUT2D eigenvalue weighted by Crippen LogP contribution is -2.37. The summed E-state index contributed by atoms with van der Waals surface area (Å²) >= 11 is 0. The molecule has 1 amide bonds. The third kappa shape index (κ3) is 5.69. The van der Waals surface area contributed by atoms with Gasteiger partial charge in [0.1, 0.15) is 5.75 Å². The van der Waals surface area contributed by atoms with E-state index in [2.05, 4.69) is 16.4 Å². The molecule has 2 N–H and O–H groups in total. The fraction of sp³-hybridized carbons (Fsp3) is 0.560. The maximum Gasteiger partial charge on any atom is 0.251 e. The van der Waals surface area contributed by atoms with E-state index in [1.165, 1.54) is 12.1 Å². The monoisotopic (exact) mass is 427 g/mol. The van der Waals surface area contributed by atoms with Gasteiger partial charge in [-0.25, -0.2) is 0 Å². The molecule has 3 rings (SSSR count). The molecule has 2 aromatic rings. The van der Waals surface area contributed by atoms with Crippen LogP contribution in [0.5, 0.6) is 5.75 Å². The molecule has 0 bridgehead atoms. The van der Waals surface area contributed by atoms with Crippen LogP contribution >= 0.6 is 0 Å². The van der Waals surface area contributed by atoms with E-state index in [9.17, 15) is 4.79 Å². The summed E-state index contributed by atoms with van der Waals surface area (Å²) in [5.41, 5.74) is 10.8. The number of primary amides is 1. The van der Waals surface area contributed by atoms with Gasteiger partial charge in [0.05, 0.1) is 25.9 Å². The zero-order valence-electron chi connectivity index (χ0n) is 19.3. The number of nitrogens with zero attached hydrogens (tertiary/aromatic N) is 2. The number of hydrogen-bond acceptors (Lipinski definition) is 4. The van der Waals surface area contributed by atoms with Gasteiger partial charge in [0, 0.05) is 43.1 Å². The number of carbonyl (C=O) groups is 1. The van der Waals surface area contributed by atoms with Crippen LogP contribution in [-0.4, -0.2) is 55.3 Å². The van der Waals surface area contributed by atoms with Crippen LogP contribution in [0.4, 0.5) is 0 Å². The van der Waals surface area contributed by atoms with E-state index in [0.29, 0.717) is 5.56 Å². The van der Waals surface area contributed by atoms with Gasteiger partial charge in [0.15, 0.2) is 0 Å². The van der Waals surface area contributed by atoms with Crippen molar-refractivity contribution in [3.05, 3.63) is 41.2 Å². The summed E-state index contributed by atoms with van der Waals surface area (Å²) in [4.78, 5) is 15.0. The standard InChI is InChI=1S/C25H37N3O3/c1-4-5-6-8-22-24(20-9-11-21(30-3)12-10-20)23(25(26)29)19(2)28(22)14-7-13-27-15-17-31-18-16-27/h9-12H,4-8,13-18H2,1-3H3,(H2,26,29). The van der Waals surface area contributed by atoms with Gasteiger partial charge < -0.3 is 19.8 Å². The number of morpholine rings is 1. The molecule has 0 saturated carbocycles. The maximum absolute atomic E-state index is 12.5. The minimum Gasteiger partial charge on any atom is -0.497 e. The van der Waals surface area contributed by atoms with Gasteiger partial charge in [-0.2, -0.15) is 0 Å². The number of hydrogen-bond donors (Lipinski definition) is 1. The number of aromatic nitrogens is 1. The van der Waals surface area contributed by atoms with Gasteiger partial charge in [0.2, 0.25) is 0 Å². The van der Waals surface area contributed by atoms with Crippen LogP contribution in [0.2, 0.25) is 0 Å². The zero-order valence-corrected chi connectivity index (χ0v) is 19.3. The molecule has 2 heterocycles. The molecule has 1 aliphatic rings. The van der Waals surface area contributed by atoms with Crippen molar-refractivity contribution in [1.82, 2.24) is 9.47 Å². The molecule has 170 valence electrons. The summed E-state index contributed by atoms with van der Waals surface area (Å²) in [6.45, 7) is 9.81. The molecule has 6 heteroatoms. The Morgan fingerprint density at radius 1 is 1.10 bits per heavy atom. The fourth-order valence-electron chi connectivity index (χ4n) is 4.55. The van der Waals surface area contributed by atoms with E-state index in [4.69, 9.17) is 15.2 Å². The second-order valence-electron chi connectivity index (χ2n) is 8.29. The van der Waals surface area contributed by atoms with Crippen molar-refractivity contribution in [3.8, 4) is 16.9 Å². The first-order valence-corrected chi connectivity index (χ1v) is 11.5. The first kappa shape index (κ1) is 23.4. The Bertz CT molecular complexity index is 852. The second-order valence-corrected chi connectivity index (χ2v) is 8.29. The third-order valence-corrected chi connectivity index (χ3v) is 6.23. The van der Waals surface area contributed by atoms with E-state index in [0.717, 1.165) is 87.6 Å². The minimum atomic E-state index is -0.355. The van der Waals surface area contributed by atoms with E-state index in [1.807, 2.05) is 31.2 Å². The van der Waals surface area contributed by atoms with E-state index >= 15 is 0 Å². The number of rotatable bonds is 11. The summed E-state index contributed by atoms with van der Waals surface area (Å²) in [5, 5.41) is 0. The van der Waals surface area contributed by atoms with Crippen LogP contribution in [0, 0.1) is 6.92 Å². The highest BCUT2D eigenvalue weighted by molar-refractivity contribution is 6.02. The Morgan fingerprint density at radius 2 is 1.81 bits per heavy atom. The molecule has 0 atom stereocenters. The lowest BCUT2D eigenvalue weighted by molar-refractivity contribution is 0.0369. The normalized spacial score (nSPS) is 14.7. The van der Waals surface area contributed by atoms with Crippen LogP contribution in [0.3, 0.4) is 0 Å². The Hall–Kier alpha value is -2.31. The summed E-state index contributed by atoms with van der Waals surface area (Å²) < 4.78 is 13.1. The summed E-state index contributed by atoms with van der Waals surface area (Å²) in [5.74, 6) is 0.450. The highest BCUT2D eigenvalue weighted by atomic mass is 16.5. The predicted octanol–water partition coefficient (Wildman–Crippen LogP) is 4.03. The Morgan fingerprint density at radius 3 is 2.42 bits per heavy atom. The highest BCUT2D eigenvalue weighted by Crippen LogP contribution is 2.35. The third-order valence-electron chi connectivity index (χ3n) is 6.23. The molecule has 1 aromatic carbocycles. The molecular weight excluding hydrogens is 390 g/mol. The highest BCUT2D eigenvalue weighted by Gasteiger charge is 2.24. The molecule has 1 saturated heterocycles. The molecule has 0 spiro atoms. The van der Waals surface area contributed by atoms with Crippen LogP contribution in [0.1, 0.15) is 54.4 Å². The van der Waals surface area contributed by atoms with Gasteiger partial charge in [-0.1, -0.05) is 31.9 Å². The lowest BCUT2D eigenvalue weighted by Gasteiger charge is -2.26. The average Bonchev–Trinajstić information content (AvgIpc) is 3.06. The van der Waals surface area contributed by atoms with Gasteiger partial charge in [0.25, 0.3) is 5.91 Å². The molecule has 1 fully saturated rings. The second kappa shape index (κ2) is 11.3. The molecule has 6 nitrogen and oxygen atoms in total. The fourth-order valence-corrected chi connectivity index (χ4v) is 4.55. The molecule has 31 heavy (non-hydrogen) atoms. The van der Waals surface area contributed by atoms with Crippen LogP contribution in [-0.2, 0) is 17.7 Å². The average molecular weight is 428 g/mol. The predicted molar refractivity (Wildman–Crippen MR) is 125 cm³/mol. The Kier molecular flexibility index (Phi) is 8.55. The van der Waals surface area contributed by atoms with Crippen molar-refractivity contribution >= 4 is 5.91 Å².